The van der Waals surface area contributed by atoms with Crippen molar-refractivity contribution in [1.29, 1.82) is 0 Å². The molecule has 2 heterocycles. The smallest absolute Gasteiger partial charge is 0.116 e. The van der Waals surface area contributed by atoms with Crippen molar-refractivity contribution >= 4 is 27.8 Å². The van der Waals surface area contributed by atoms with Crippen molar-refractivity contribution in [2.75, 3.05) is 5.73 Å². The third kappa shape index (κ3) is 1.08. The molecule has 0 saturated carbocycles. The number of fused-ring (bicyclic) bond motifs is 3. The lowest BCUT2D eigenvalue weighted by atomic mass is 10.1. The van der Waals surface area contributed by atoms with Crippen LogP contribution in [0.15, 0.2) is 24.5 Å². The second kappa shape index (κ2) is 2.70. The number of hydrogen-bond acceptors (Lipinski definition) is 3. The monoisotopic (exact) mass is 198 g/mol. The standard InChI is InChI=1S/C11H10N4/c1-6-4-7-8(15-11(6)12)2-3-9-10(7)14-5-13-9/h2-5,15H,12H2,1H3. The number of nitrogen functional groups attached to an aromatic ring is 1. The van der Waals surface area contributed by atoms with Crippen molar-refractivity contribution in [3.63, 3.8) is 0 Å². The second-order valence-corrected chi connectivity index (χ2v) is 3.63. The zero-order valence-corrected chi connectivity index (χ0v) is 8.28. The highest BCUT2D eigenvalue weighted by molar-refractivity contribution is 6.03. The molecule has 0 fully saturated rings. The van der Waals surface area contributed by atoms with Gasteiger partial charge in [-0.25, -0.2) is 9.97 Å². The Labute approximate surface area is 86.1 Å². The third-order valence-corrected chi connectivity index (χ3v) is 2.63. The van der Waals surface area contributed by atoms with Crippen molar-refractivity contribution in [1.82, 2.24) is 15.0 Å². The zero-order valence-electron chi connectivity index (χ0n) is 8.28. The third-order valence-electron chi connectivity index (χ3n) is 2.63. The van der Waals surface area contributed by atoms with Crippen LogP contribution >= 0.6 is 0 Å². The summed E-state index contributed by atoms with van der Waals surface area (Å²) < 4.78 is 0. The van der Waals surface area contributed by atoms with Gasteiger partial charge in [0.1, 0.15) is 12.1 Å². The Morgan fingerprint density at radius 1 is 1.27 bits per heavy atom. The fourth-order valence-corrected chi connectivity index (χ4v) is 1.78. The summed E-state index contributed by atoms with van der Waals surface area (Å²) in [6, 6.07) is 5.95. The minimum absolute atomic E-state index is 0.696. The Kier molecular flexibility index (Phi) is 1.48. The van der Waals surface area contributed by atoms with Gasteiger partial charge >= 0.3 is 0 Å². The summed E-state index contributed by atoms with van der Waals surface area (Å²) in [6.07, 6.45) is 1.58. The van der Waals surface area contributed by atoms with Gasteiger partial charge in [0, 0.05) is 10.9 Å². The quantitative estimate of drug-likeness (QED) is 0.580. The van der Waals surface area contributed by atoms with Crippen LogP contribution in [0, 0.1) is 6.92 Å². The topological polar surface area (TPSA) is 67.6 Å². The van der Waals surface area contributed by atoms with Gasteiger partial charge in [0.15, 0.2) is 0 Å². The highest BCUT2D eigenvalue weighted by Crippen LogP contribution is 2.24. The number of H-pyrrole nitrogens is 1. The summed E-state index contributed by atoms with van der Waals surface area (Å²) in [4.78, 5) is 11.6. The molecule has 0 spiro atoms. The molecule has 0 amide bonds. The van der Waals surface area contributed by atoms with E-state index in [2.05, 4.69) is 15.0 Å². The number of anilines is 1. The van der Waals surface area contributed by atoms with Gasteiger partial charge in [-0.1, -0.05) is 0 Å². The van der Waals surface area contributed by atoms with Gasteiger partial charge in [0.05, 0.1) is 11.0 Å². The Hall–Kier alpha value is -2.10. The first-order chi connectivity index (χ1) is 7.25. The highest BCUT2D eigenvalue weighted by Gasteiger charge is 2.05. The van der Waals surface area contributed by atoms with Crippen LogP contribution in [0.1, 0.15) is 5.56 Å². The van der Waals surface area contributed by atoms with Crippen molar-refractivity contribution in [2.45, 2.75) is 6.92 Å². The zero-order chi connectivity index (χ0) is 10.4. The van der Waals surface area contributed by atoms with Gasteiger partial charge < -0.3 is 10.7 Å². The first-order valence-corrected chi connectivity index (χ1v) is 4.74. The van der Waals surface area contributed by atoms with Crippen LogP contribution in [-0.2, 0) is 0 Å². The predicted octanol–water partition coefficient (Wildman–Crippen LogP) is 2.00. The van der Waals surface area contributed by atoms with Crippen LogP contribution in [0.2, 0.25) is 0 Å². The molecule has 0 saturated heterocycles. The molecule has 4 heteroatoms. The molecule has 0 unspecified atom stereocenters. The van der Waals surface area contributed by atoms with E-state index in [1.54, 1.807) is 6.33 Å². The van der Waals surface area contributed by atoms with E-state index >= 15 is 0 Å². The normalized spacial score (nSPS) is 11.3. The van der Waals surface area contributed by atoms with E-state index < -0.39 is 0 Å². The fourth-order valence-electron chi connectivity index (χ4n) is 1.78. The van der Waals surface area contributed by atoms with Crippen LogP contribution < -0.4 is 5.73 Å². The molecule has 0 aliphatic carbocycles. The summed E-state index contributed by atoms with van der Waals surface area (Å²) in [7, 11) is 0. The molecule has 0 atom stereocenters. The molecule has 0 aliphatic heterocycles. The molecule has 3 rings (SSSR count). The predicted molar refractivity (Wildman–Crippen MR) is 60.5 cm³/mol. The number of pyridine rings is 1. The maximum Gasteiger partial charge on any atom is 0.116 e. The van der Waals surface area contributed by atoms with Gasteiger partial charge in [0.25, 0.3) is 0 Å². The van der Waals surface area contributed by atoms with Crippen molar-refractivity contribution in [3.05, 3.63) is 30.1 Å². The minimum Gasteiger partial charge on any atom is -0.385 e. The number of hydrogen-bond donors (Lipinski definition) is 2. The van der Waals surface area contributed by atoms with Gasteiger partial charge in [-0.3, -0.25) is 0 Å². The van der Waals surface area contributed by atoms with E-state index in [1.165, 1.54) is 0 Å². The lowest BCUT2D eigenvalue weighted by Crippen LogP contribution is -1.94. The molecule has 0 bridgehead atoms. The van der Waals surface area contributed by atoms with Crippen molar-refractivity contribution < 1.29 is 0 Å². The maximum absolute atomic E-state index is 5.81. The summed E-state index contributed by atoms with van der Waals surface area (Å²) in [5.41, 5.74) is 9.67. The Morgan fingerprint density at radius 2 is 2.13 bits per heavy atom. The number of nitrogens with zero attached hydrogens (tertiary/aromatic N) is 2. The summed E-state index contributed by atoms with van der Waals surface area (Å²) in [5, 5.41) is 1.07. The van der Waals surface area contributed by atoms with Crippen LogP contribution in [0.3, 0.4) is 0 Å². The molecule has 4 nitrogen and oxygen atoms in total. The summed E-state index contributed by atoms with van der Waals surface area (Å²) >= 11 is 0. The first-order valence-electron chi connectivity index (χ1n) is 4.74. The van der Waals surface area contributed by atoms with Gasteiger partial charge in [0.2, 0.25) is 0 Å². The first kappa shape index (κ1) is 8.23. The fraction of sp³-hybridized carbons (Fsp3) is 0.0909. The van der Waals surface area contributed by atoms with Crippen LogP contribution in [-0.4, -0.2) is 15.0 Å². The number of aryl methyl sites for hydroxylation is 1. The maximum atomic E-state index is 5.81. The molecule has 74 valence electrons. The molecule has 2 aromatic heterocycles. The number of imidazole rings is 1. The average molecular weight is 198 g/mol. The molecule has 0 aliphatic rings. The lowest BCUT2D eigenvalue weighted by molar-refractivity contribution is 1.34. The SMILES string of the molecule is Cc1cc2c(ccc3ncnc32)[nH]c1N. The molecule has 0 radical (unpaired) electrons. The van der Waals surface area contributed by atoms with E-state index in [-0.39, 0.29) is 0 Å². The molecular formula is C11H10N4. The number of nitrogens with one attached hydrogen (secondary N) is 1. The molecule has 1 aromatic carbocycles. The van der Waals surface area contributed by atoms with Gasteiger partial charge in [-0.2, -0.15) is 0 Å². The summed E-state index contributed by atoms with van der Waals surface area (Å²) in [6.45, 7) is 1.97. The van der Waals surface area contributed by atoms with Gasteiger partial charge in [-0.15, -0.1) is 0 Å². The van der Waals surface area contributed by atoms with Crippen LogP contribution in [0.4, 0.5) is 5.82 Å². The van der Waals surface area contributed by atoms with E-state index in [4.69, 9.17) is 5.73 Å². The highest BCUT2D eigenvalue weighted by atomic mass is 14.9. The summed E-state index contributed by atoms with van der Waals surface area (Å²) in [5.74, 6) is 0.696. The lowest BCUT2D eigenvalue weighted by Gasteiger charge is -2.04. The van der Waals surface area contributed by atoms with Crippen LogP contribution in [0.5, 0.6) is 0 Å². The molecular weight excluding hydrogens is 188 g/mol. The molecule has 3 N–H and O–H groups in total. The van der Waals surface area contributed by atoms with Crippen molar-refractivity contribution in [2.24, 2.45) is 0 Å². The number of aromatic nitrogens is 3. The largest absolute Gasteiger partial charge is 0.385 e. The Bertz CT molecular complexity index is 654. The minimum atomic E-state index is 0.696. The van der Waals surface area contributed by atoms with E-state index in [1.807, 2.05) is 25.1 Å². The number of nitrogens with two attached hydrogens (primary N) is 1. The Balaban J connectivity index is 2.57. The van der Waals surface area contributed by atoms with Crippen molar-refractivity contribution in [3.8, 4) is 0 Å². The van der Waals surface area contributed by atoms with Crippen LogP contribution in [0.25, 0.3) is 21.9 Å². The van der Waals surface area contributed by atoms with Gasteiger partial charge in [-0.05, 0) is 30.7 Å². The molecule has 3 aromatic rings. The second-order valence-electron chi connectivity index (χ2n) is 3.63. The number of benzene rings is 1. The van der Waals surface area contributed by atoms with E-state index in [9.17, 15) is 0 Å². The van der Waals surface area contributed by atoms with E-state index in [0.717, 1.165) is 27.5 Å². The number of rotatable bonds is 0. The molecule has 15 heavy (non-hydrogen) atoms. The number of aromatic amines is 1. The average Bonchev–Trinajstić information content (AvgIpc) is 2.68. The van der Waals surface area contributed by atoms with E-state index in [0.29, 0.717) is 5.82 Å². The Morgan fingerprint density at radius 3 is 3.00 bits per heavy atom.